The highest BCUT2D eigenvalue weighted by Crippen LogP contribution is 2.32. The van der Waals surface area contributed by atoms with Crippen molar-refractivity contribution >= 4 is 5.91 Å². The van der Waals surface area contributed by atoms with Gasteiger partial charge in [0.2, 0.25) is 5.91 Å². The SMILES string of the molecule is CCCCN(C[C@H]1O[C@H](O[C@@H]2[C@@H](O)[C@H](O[C@H]3O[C@H](CN)[C@@H](O)[C@H](O)[C@H]3N)[C@@H](N)C[C@H]2N)C[C@@](N)(O)[C@@H]1O)C(C)=O. The Kier molecular flexibility index (Phi) is 11.6. The van der Waals surface area contributed by atoms with Gasteiger partial charge in [0.1, 0.15) is 54.6 Å². The van der Waals surface area contributed by atoms with Gasteiger partial charge in [-0.2, -0.15) is 0 Å². The van der Waals surface area contributed by atoms with E-state index in [0.717, 1.165) is 12.8 Å². The van der Waals surface area contributed by atoms with Crippen molar-refractivity contribution in [3.63, 3.8) is 0 Å². The monoisotopic (exact) mass is 580 g/mol. The molecule has 16 nitrogen and oxygen atoms in total. The summed E-state index contributed by atoms with van der Waals surface area (Å²) in [5.74, 6) is -0.232. The van der Waals surface area contributed by atoms with Crippen molar-refractivity contribution in [2.75, 3.05) is 19.6 Å². The van der Waals surface area contributed by atoms with Crippen molar-refractivity contribution in [2.45, 2.75) is 125 Å². The quantitative estimate of drug-likeness (QED) is 0.108. The van der Waals surface area contributed by atoms with E-state index in [-0.39, 0.29) is 31.8 Å². The van der Waals surface area contributed by atoms with Crippen LogP contribution in [0.15, 0.2) is 0 Å². The van der Waals surface area contributed by atoms with Crippen LogP contribution >= 0.6 is 0 Å². The highest BCUT2D eigenvalue weighted by atomic mass is 16.7. The third-order valence-electron chi connectivity index (χ3n) is 7.95. The van der Waals surface area contributed by atoms with Gasteiger partial charge in [0.05, 0.1) is 6.04 Å². The van der Waals surface area contributed by atoms with Crippen LogP contribution < -0.4 is 28.7 Å². The number of carbonyl (C=O) groups excluding carboxylic acids is 1. The minimum atomic E-state index is -2.12. The van der Waals surface area contributed by atoms with Crippen LogP contribution in [-0.4, -0.2) is 141 Å². The largest absolute Gasteiger partial charge is 0.388 e. The highest BCUT2D eigenvalue weighted by Gasteiger charge is 2.52. The Morgan fingerprint density at radius 1 is 1.00 bits per heavy atom. The molecule has 0 aromatic rings. The number of rotatable bonds is 10. The van der Waals surface area contributed by atoms with Gasteiger partial charge >= 0.3 is 0 Å². The van der Waals surface area contributed by atoms with Crippen molar-refractivity contribution in [1.82, 2.24) is 4.90 Å². The maximum Gasteiger partial charge on any atom is 0.219 e. The van der Waals surface area contributed by atoms with E-state index in [1.807, 2.05) is 6.92 Å². The average Bonchev–Trinajstić information content (AvgIpc) is 2.88. The zero-order valence-electron chi connectivity index (χ0n) is 23.1. The van der Waals surface area contributed by atoms with E-state index in [2.05, 4.69) is 0 Å². The second-order valence-electron chi connectivity index (χ2n) is 11.2. The van der Waals surface area contributed by atoms with Crippen LogP contribution in [0.3, 0.4) is 0 Å². The third-order valence-corrected chi connectivity index (χ3v) is 7.95. The summed E-state index contributed by atoms with van der Waals surface area (Å²) in [6, 6.07) is -2.73. The van der Waals surface area contributed by atoms with Gasteiger partial charge in [-0.05, 0) is 12.8 Å². The highest BCUT2D eigenvalue weighted by molar-refractivity contribution is 5.73. The number of hydrogen-bond acceptors (Lipinski definition) is 15. The molecule has 3 rings (SSSR count). The molecule has 0 aromatic heterocycles. The molecule has 2 heterocycles. The van der Waals surface area contributed by atoms with Crippen LogP contribution in [0.1, 0.15) is 39.5 Å². The molecule has 1 aliphatic carbocycles. The minimum absolute atomic E-state index is 0.0425. The normalized spacial score (nSPS) is 46.2. The summed E-state index contributed by atoms with van der Waals surface area (Å²) in [5, 5.41) is 53.1. The number of carbonyl (C=O) groups is 1. The van der Waals surface area contributed by atoms with Crippen LogP contribution in [0.4, 0.5) is 0 Å². The summed E-state index contributed by atoms with van der Waals surface area (Å²) >= 11 is 0. The molecule has 0 unspecified atom stereocenters. The number of nitrogens with zero attached hydrogens (tertiary/aromatic N) is 1. The van der Waals surface area contributed by atoms with Crippen molar-refractivity contribution in [2.24, 2.45) is 28.7 Å². The molecule has 16 heteroatoms. The first-order valence-corrected chi connectivity index (χ1v) is 13.8. The van der Waals surface area contributed by atoms with E-state index >= 15 is 0 Å². The molecule has 0 spiro atoms. The van der Waals surface area contributed by atoms with Crippen LogP contribution in [-0.2, 0) is 23.7 Å². The number of nitrogens with two attached hydrogens (primary N) is 5. The summed E-state index contributed by atoms with van der Waals surface area (Å²) in [4.78, 5) is 13.6. The topological polar surface area (TPSA) is 288 Å². The molecule has 40 heavy (non-hydrogen) atoms. The molecule has 3 aliphatic rings. The van der Waals surface area contributed by atoms with E-state index in [9.17, 15) is 30.3 Å². The second kappa shape index (κ2) is 13.9. The molecule has 0 bridgehead atoms. The number of unbranched alkanes of at least 4 members (excludes halogenated alkanes) is 1. The van der Waals surface area contributed by atoms with E-state index in [4.69, 9.17) is 47.6 Å². The number of ether oxygens (including phenoxy) is 4. The molecule has 0 radical (unpaired) electrons. The third kappa shape index (κ3) is 7.45. The van der Waals surface area contributed by atoms with Gasteiger partial charge in [0, 0.05) is 45.1 Å². The maximum atomic E-state index is 12.1. The Hall–Kier alpha value is -1.09. The fraction of sp³-hybridized carbons (Fsp3) is 0.958. The Labute approximate surface area is 233 Å². The maximum absolute atomic E-state index is 12.1. The Balaban J connectivity index is 1.73. The Morgan fingerprint density at radius 2 is 1.62 bits per heavy atom. The number of aliphatic hydroxyl groups is 5. The van der Waals surface area contributed by atoms with E-state index in [1.54, 1.807) is 0 Å². The van der Waals surface area contributed by atoms with Gasteiger partial charge in [-0.25, -0.2) is 0 Å². The molecule has 3 fully saturated rings. The van der Waals surface area contributed by atoms with Crippen LogP contribution in [0.5, 0.6) is 0 Å². The minimum Gasteiger partial charge on any atom is -0.388 e. The molecule has 2 aliphatic heterocycles. The Bertz CT molecular complexity index is 827. The molecule has 1 saturated carbocycles. The first-order chi connectivity index (χ1) is 18.7. The van der Waals surface area contributed by atoms with Crippen LogP contribution in [0.25, 0.3) is 0 Å². The molecule has 2 saturated heterocycles. The van der Waals surface area contributed by atoms with E-state index in [0.29, 0.717) is 6.54 Å². The van der Waals surface area contributed by atoms with Gasteiger partial charge in [-0.3, -0.25) is 4.79 Å². The first kappa shape index (κ1) is 33.4. The zero-order valence-corrected chi connectivity index (χ0v) is 23.1. The lowest BCUT2D eigenvalue weighted by Gasteiger charge is -2.48. The smallest absolute Gasteiger partial charge is 0.219 e. The number of aliphatic hydroxyl groups excluding tert-OH is 4. The molecular formula is C24H48N6O10. The molecule has 234 valence electrons. The standard InChI is InChI=1S/C24H48N6O10/c1-3-4-5-30(10(2)31)9-14-22(35)24(29,36)7-15(37-14)39-20-11(26)6-12(27)21(19(20)34)40-23-16(28)18(33)17(32)13(8-25)38-23/h11-23,32-36H,3-9,25-29H2,1-2H3/t11-,12+,13-,14-,15-,16-,17-,18-,19-,20+,21-,22-,23-,24-/m1/s1. The van der Waals surface area contributed by atoms with Gasteiger partial charge < -0.3 is 78.0 Å². The molecule has 14 atom stereocenters. The van der Waals surface area contributed by atoms with Gasteiger partial charge in [-0.15, -0.1) is 0 Å². The molecule has 15 N–H and O–H groups in total. The lowest BCUT2D eigenvalue weighted by atomic mass is 9.84. The van der Waals surface area contributed by atoms with Crippen LogP contribution in [0, 0.1) is 0 Å². The van der Waals surface area contributed by atoms with E-state index in [1.165, 1.54) is 11.8 Å². The van der Waals surface area contributed by atoms with Gasteiger partial charge in [-0.1, -0.05) is 13.3 Å². The number of hydrogen-bond donors (Lipinski definition) is 10. The lowest BCUT2D eigenvalue weighted by Crippen LogP contribution is -2.69. The molecule has 1 amide bonds. The Morgan fingerprint density at radius 3 is 2.20 bits per heavy atom. The average molecular weight is 581 g/mol. The molecule has 0 aromatic carbocycles. The summed E-state index contributed by atoms with van der Waals surface area (Å²) in [6.45, 7) is 3.64. The van der Waals surface area contributed by atoms with Crippen LogP contribution in [0.2, 0.25) is 0 Å². The van der Waals surface area contributed by atoms with Gasteiger partial charge in [0.25, 0.3) is 0 Å². The fourth-order valence-corrected chi connectivity index (χ4v) is 5.43. The van der Waals surface area contributed by atoms with Crippen molar-refractivity contribution in [3.8, 4) is 0 Å². The zero-order chi connectivity index (χ0) is 29.9. The summed E-state index contributed by atoms with van der Waals surface area (Å²) in [6.07, 6.45) is -11.1. The first-order valence-electron chi connectivity index (χ1n) is 13.8. The van der Waals surface area contributed by atoms with E-state index < -0.39 is 85.3 Å². The summed E-state index contributed by atoms with van der Waals surface area (Å²) in [7, 11) is 0. The van der Waals surface area contributed by atoms with Crippen molar-refractivity contribution in [3.05, 3.63) is 0 Å². The van der Waals surface area contributed by atoms with Crippen molar-refractivity contribution in [1.29, 1.82) is 0 Å². The predicted molar refractivity (Wildman–Crippen MR) is 140 cm³/mol. The second-order valence-corrected chi connectivity index (χ2v) is 11.2. The summed E-state index contributed by atoms with van der Waals surface area (Å²) in [5.41, 5.74) is 28.0. The molecular weight excluding hydrogens is 532 g/mol. The summed E-state index contributed by atoms with van der Waals surface area (Å²) < 4.78 is 23.4. The number of amides is 1. The van der Waals surface area contributed by atoms with Gasteiger partial charge in [0.15, 0.2) is 12.6 Å². The fourth-order valence-electron chi connectivity index (χ4n) is 5.43. The lowest BCUT2D eigenvalue weighted by molar-refractivity contribution is -0.317. The van der Waals surface area contributed by atoms with Crippen molar-refractivity contribution < 1.29 is 49.3 Å². The predicted octanol–water partition coefficient (Wildman–Crippen LogP) is -5.32.